The first-order valence-corrected chi connectivity index (χ1v) is 4.54. The number of aliphatic hydroxyl groups is 1. The fourth-order valence-corrected chi connectivity index (χ4v) is 0.815. The Bertz CT molecular complexity index is 110. The zero-order valence-corrected chi connectivity index (χ0v) is 8.43. The molecule has 0 radical (unpaired) electrons. The van der Waals surface area contributed by atoms with E-state index in [0.29, 0.717) is 18.5 Å². The van der Waals surface area contributed by atoms with E-state index in [-0.39, 0.29) is 0 Å². The van der Waals surface area contributed by atoms with Gasteiger partial charge in [0.05, 0.1) is 6.10 Å². The molecule has 0 aliphatic heterocycles. The summed E-state index contributed by atoms with van der Waals surface area (Å²) in [6.45, 7) is 8.49. The fraction of sp³-hybridized carbons (Fsp3) is 1.00. The van der Waals surface area contributed by atoms with Crippen molar-refractivity contribution in [2.75, 3.05) is 19.6 Å². The molecule has 0 fully saturated rings. The summed E-state index contributed by atoms with van der Waals surface area (Å²) in [6.07, 6.45) is 0.717. The molecule has 0 amide bonds. The molecule has 0 aromatic carbocycles. The Labute approximate surface area is 75.3 Å². The normalized spacial score (nSPS) is 14.8. The maximum absolute atomic E-state index is 9.10. The van der Waals surface area contributed by atoms with Crippen LogP contribution in [-0.4, -0.2) is 30.8 Å². The highest BCUT2D eigenvalue weighted by Crippen LogP contribution is 2.16. The van der Waals surface area contributed by atoms with E-state index in [1.54, 1.807) is 0 Å². The van der Waals surface area contributed by atoms with Gasteiger partial charge in [-0.3, -0.25) is 0 Å². The average Bonchev–Trinajstić information content (AvgIpc) is 1.96. The van der Waals surface area contributed by atoms with Gasteiger partial charge in [-0.25, -0.2) is 0 Å². The highest BCUT2D eigenvalue weighted by Gasteiger charge is 2.09. The summed E-state index contributed by atoms with van der Waals surface area (Å²) in [4.78, 5) is 0. The standard InChI is InChI=1S/C9H22N2O/c1-9(2,3)4-5-11-7-8(12)6-10/h8,11-12H,4-7,10H2,1-3H3. The molecule has 0 heterocycles. The van der Waals surface area contributed by atoms with Gasteiger partial charge < -0.3 is 16.2 Å². The first kappa shape index (κ1) is 11.9. The van der Waals surface area contributed by atoms with Gasteiger partial charge in [0.15, 0.2) is 0 Å². The number of nitrogens with one attached hydrogen (secondary N) is 1. The molecule has 3 nitrogen and oxygen atoms in total. The topological polar surface area (TPSA) is 58.3 Å². The van der Waals surface area contributed by atoms with E-state index in [4.69, 9.17) is 10.8 Å². The third kappa shape index (κ3) is 7.98. The molecule has 1 atom stereocenters. The third-order valence-corrected chi connectivity index (χ3v) is 1.70. The van der Waals surface area contributed by atoms with Gasteiger partial charge >= 0.3 is 0 Å². The summed E-state index contributed by atoms with van der Waals surface area (Å²) >= 11 is 0. The predicted molar refractivity (Wildman–Crippen MR) is 52.0 cm³/mol. The van der Waals surface area contributed by atoms with Gasteiger partial charge in [0.1, 0.15) is 0 Å². The summed E-state index contributed by atoms with van der Waals surface area (Å²) in [6, 6.07) is 0. The van der Waals surface area contributed by atoms with E-state index in [0.717, 1.165) is 13.0 Å². The number of rotatable bonds is 5. The third-order valence-electron chi connectivity index (χ3n) is 1.70. The van der Waals surface area contributed by atoms with Crippen molar-refractivity contribution in [2.24, 2.45) is 11.1 Å². The van der Waals surface area contributed by atoms with Crippen LogP contribution in [0, 0.1) is 5.41 Å². The number of nitrogens with two attached hydrogens (primary N) is 1. The Hall–Kier alpha value is -0.120. The molecule has 3 heteroatoms. The predicted octanol–water partition coefficient (Wildman–Crippen LogP) is 0.332. The van der Waals surface area contributed by atoms with Crippen molar-refractivity contribution >= 4 is 0 Å². The summed E-state index contributed by atoms with van der Waals surface area (Å²) < 4.78 is 0. The van der Waals surface area contributed by atoms with Crippen LogP contribution in [-0.2, 0) is 0 Å². The molecule has 0 rings (SSSR count). The van der Waals surface area contributed by atoms with Crippen molar-refractivity contribution in [3.63, 3.8) is 0 Å². The first-order valence-electron chi connectivity index (χ1n) is 4.54. The van der Waals surface area contributed by atoms with Crippen molar-refractivity contribution in [3.05, 3.63) is 0 Å². The molecular formula is C9H22N2O. The van der Waals surface area contributed by atoms with Crippen molar-refractivity contribution in [1.29, 1.82) is 0 Å². The Morgan fingerprint density at radius 1 is 1.42 bits per heavy atom. The number of hydrogen-bond acceptors (Lipinski definition) is 3. The van der Waals surface area contributed by atoms with E-state index in [9.17, 15) is 0 Å². The largest absolute Gasteiger partial charge is 0.390 e. The molecule has 0 spiro atoms. The molecule has 0 aliphatic rings. The summed E-state index contributed by atoms with van der Waals surface area (Å²) in [5.74, 6) is 0. The average molecular weight is 174 g/mol. The van der Waals surface area contributed by atoms with Crippen LogP contribution in [0.25, 0.3) is 0 Å². The maximum atomic E-state index is 9.10. The minimum atomic E-state index is -0.398. The van der Waals surface area contributed by atoms with Crippen molar-refractivity contribution in [2.45, 2.75) is 33.3 Å². The highest BCUT2D eigenvalue weighted by molar-refractivity contribution is 4.65. The minimum Gasteiger partial charge on any atom is -0.390 e. The van der Waals surface area contributed by atoms with Gasteiger partial charge in [0.25, 0.3) is 0 Å². The zero-order chi connectivity index (χ0) is 9.61. The van der Waals surface area contributed by atoms with Gasteiger partial charge in [0, 0.05) is 13.1 Å². The van der Waals surface area contributed by atoms with Gasteiger partial charge in [-0.05, 0) is 18.4 Å². The molecule has 0 aliphatic carbocycles. The van der Waals surface area contributed by atoms with Crippen LogP contribution >= 0.6 is 0 Å². The van der Waals surface area contributed by atoms with Crippen LogP contribution in [0.15, 0.2) is 0 Å². The van der Waals surface area contributed by atoms with Crippen LogP contribution in [0.3, 0.4) is 0 Å². The lowest BCUT2D eigenvalue weighted by molar-refractivity contribution is 0.178. The highest BCUT2D eigenvalue weighted by atomic mass is 16.3. The first-order chi connectivity index (χ1) is 5.45. The lowest BCUT2D eigenvalue weighted by atomic mass is 9.92. The van der Waals surface area contributed by atoms with E-state index in [1.807, 2.05) is 0 Å². The van der Waals surface area contributed by atoms with Gasteiger partial charge in [-0.15, -0.1) is 0 Å². The number of aliphatic hydroxyl groups excluding tert-OH is 1. The molecule has 0 aromatic rings. The fourth-order valence-electron chi connectivity index (χ4n) is 0.815. The Balaban J connectivity index is 3.22. The monoisotopic (exact) mass is 174 g/mol. The summed E-state index contributed by atoms with van der Waals surface area (Å²) in [5.41, 5.74) is 5.61. The molecule has 1 unspecified atom stereocenters. The van der Waals surface area contributed by atoms with Crippen LogP contribution < -0.4 is 11.1 Å². The molecule has 12 heavy (non-hydrogen) atoms. The van der Waals surface area contributed by atoms with E-state index in [2.05, 4.69) is 26.1 Å². The van der Waals surface area contributed by atoms with Gasteiger partial charge in [-0.1, -0.05) is 20.8 Å². The molecular weight excluding hydrogens is 152 g/mol. The SMILES string of the molecule is CC(C)(C)CCNCC(O)CN. The molecule has 4 N–H and O–H groups in total. The van der Waals surface area contributed by atoms with Crippen molar-refractivity contribution in [3.8, 4) is 0 Å². The smallest absolute Gasteiger partial charge is 0.0786 e. The molecule has 0 saturated heterocycles. The van der Waals surface area contributed by atoms with Gasteiger partial charge in [-0.2, -0.15) is 0 Å². The van der Waals surface area contributed by atoms with Crippen molar-refractivity contribution in [1.82, 2.24) is 5.32 Å². The quantitative estimate of drug-likeness (QED) is 0.526. The maximum Gasteiger partial charge on any atom is 0.0786 e. The molecule has 0 saturated carbocycles. The zero-order valence-electron chi connectivity index (χ0n) is 8.43. The van der Waals surface area contributed by atoms with Crippen LogP contribution in [0.5, 0.6) is 0 Å². The minimum absolute atomic E-state index is 0.336. The molecule has 74 valence electrons. The lowest BCUT2D eigenvalue weighted by Gasteiger charge is -2.18. The second-order valence-corrected chi connectivity index (χ2v) is 4.40. The Morgan fingerprint density at radius 2 is 2.00 bits per heavy atom. The second-order valence-electron chi connectivity index (χ2n) is 4.40. The van der Waals surface area contributed by atoms with E-state index >= 15 is 0 Å². The van der Waals surface area contributed by atoms with E-state index in [1.165, 1.54) is 0 Å². The summed E-state index contributed by atoms with van der Waals surface area (Å²) in [7, 11) is 0. The van der Waals surface area contributed by atoms with Crippen LogP contribution in [0.4, 0.5) is 0 Å². The van der Waals surface area contributed by atoms with Crippen LogP contribution in [0.2, 0.25) is 0 Å². The van der Waals surface area contributed by atoms with Crippen molar-refractivity contribution < 1.29 is 5.11 Å². The summed E-state index contributed by atoms with van der Waals surface area (Å²) in [5, 5.41) is 12.3. The lowest BCUT2D eigenvalue weighted by Crippen LogP contribution is -2.34. The Kier molecular flexibility index (Phi) is 5.46. The number of hydrogen-bond donors (Lipinski definition) is 3. The second kappa shape index (κ2) is 5.51. The van der Waals surface area contributed by atoms with Crippen LogP contribution in [0.1, 0.15) is 27.2 Å². The molecule has 0 bridgehead atoms. The molecule has 0 aromatic heterocycles. The Morgan fingerprint density at radius 3 is 2.42 bits per heavy atom. The van der Waals surface area contributed by atoms with E-state index < -0.39 is 6.10 Å². The van der Waals surface area contributed by atoms with Gasteiger partial charge in [0.2, 0.25) is 0 Å².